The number of carbonyl (C=O) groups excluding carboxylic acids is 2. The van der Waals surface area contributed by atoms with Crippen LogP contribution in [0.3, 0.4) is 0 Å². The number of anilines is 2. The van der Waals surface area contributed by atoms with Crippen LogP contribution in [0.15, 0.2) is 48.5 Å². The van der Waals surface area contributed by atoms with Crippen molar-refractivity contribution in [3.8, 4) is 5.75 Å². The Hall–Kier alpha value is -3.02. The highest BCUT2D eigenvalue weighted by Gasteiger charge is 2.20. The summed E-state index contributed by atoms with van der Waals surface area (Å²) in [6.45, 7) is 1.72. The van der Waals surface area contributed by atoms with Crippen molar-refractivity contribution in [3.63, 3.8) is 0 Å². The second-order valence-electron chi connectivity index (χ2n) is 5.24. The van der Waals surface area contributed by atoms with E-state index in [0.29, 0.717) is 24.3 Å². The zero-order chi connectivity index (χ0) is 17.5. The summed E-state index contributed by atoms with van der Waals surface area (Å²) in [5.74, 6) is 0.390. The number of nitrogens with two attached hydrogens (primary N) is 1. The van der Waals surface area contributed by atoms with E-state index in [-0.39, 0.29) is 5.91 Å². The average molecular weight is 327 g/mol. The Morgan fingerprint density at radius 2 is 1.92 bits per heavy atom. The number of nitrogen functional groups attached to an aromatic ring is 1. The van der Waals surface area contributed by atoms with Crippen molar-refractivity contribution in [1.82, 2.24) is 5.32 Å². The van der Waals surface area contributed by atoms with Gasteiger partial charge in [-0.3, -0.25) is 4.79 Å². The van der Waals surface area contributed by atoms with Gasteiger partial charge in [0.15, 0.2) is 0 Å². The van der Waals surface area contributed by atoms with Crippen LogP contribution in [0, 0.1) is 0 Å². The number of nitrogens with one attached hydrogen (secondary N) is 1. The van der Waals surface area contributed by atoms with Crippen molar-refractivity contribution in [2.75, 3.05) is 24.3 Å². The number of methoxy groups -OCH3 is 1. The molecule has 0 saturated carbocycles. The molecule has 2 rings (SSSR count). The number of hydrogen-bond donors (Lipinski definition) is 2. The SMILES string of the molecule is COc1ccccc1CCNC(=O)N(C(C)=O)c1cccc(N)c1. The normalized spacial score (nSPS) is 10.1. The van der Waals surface area contributed by atoms with E-state index in [4.69, 9.17) is 10.5 Å². The predicted octanol–water partition coefficient (Wildman–Crippen LogP) is 2.58. The van der Waals surface area contributed by atoms with Crippen LogP contribution in [-0.4, -0.2) is 25.6 Å². The number of carbonyl (C=O) groups is 2. The molecule has 0 heterocycles. The number of rotatable bonds is 5. The Kier molecular flexibility index (Phi) is 5.78. The van der Waals surface area contributed by atoms with Crippen LogP contribution in [0.25, 0.3) is 0 Å². The predicted molar refractivity (Wildman–Crippen MR) is 94.1 cm³/mol. The number of imide groups is 1. The first kappa shape index (κ1) is 17.3. The van der Waals surface area contributed by atoms with Gasteiger partial charge in [-0.1, -0.05) is 24.3 Å². The monoisotopic (exact) mass is 327 g/mol. The number of nitrogens with zero attached hydrogens (tertiary/aromatic N) is 1. The number of urea groups is 1. The maximum atomic E-state index is 12.4. The van der Waals surface area contributed by atoms with Crippen LogP contribution in [0.5, 0.6) is 5.75 Å². The minimum atomic E-state index is -0.483. The number of hydrogen-bond acceptors (Lipinski definition) is 4. The highest BCUT2D eigenvalue weighted by molar-refractivity contribution is 6.13. The van der Waals surface area contributed by atoms with E-state index in [1.807, 2.05) is 24.3 Å². The van der Waals surface area contributed by atoms with E-state index >= 15 is 0 Å². The first-order chi connectivity index (χ1) is 11.5. The first-order valence-electron chi connectivity index (χ1n) is 7.59. The molecule has 2 aromatic carbocycles. The Labute approximate surface area is 141 Å². The highest BCUT2D eigenvalue weighted by Crippen LogP contribution is 2.19. The molecule has 2 aromatic rings. The molecule has 0 aliphatic heterocycles. The first-order valence-corrected chi connectivity index (χ1v) is 7.59. The minimum Gasteiger partial charge on any atom is -0.496 e. The van der Waals surface area contributed by atoms with Crippen molar-refractivity contribution in [3.05, 3.63) is 54.1 Å². The van der Waals surface area contributed by atoms with Crippen LogP contribution >= 0.6 is 0 Å². The van der Waals surface area contributed by atoms with E-state index in [9.17, 15) is 9.59 Å². The summed E-state index contributed by atoms with van der Waals surface area (Å²) in [6.07, 6.45) is 0.596. The van der Waals surface area contributed by atoms with Gasteiger partial charge in [0.25, 0.3) is 0 Å². The van der Waals surface area contributed by atoms with Gasteiger partial charge in [0.05, 0.1) is 12.8 Å². The molecule has 0 spiro atoms. The molecule has 0 aromatic heterocycles. The lowest BCUT2D eigenvalue weighted by atomic mass is 10.1. The van der Waals surface area contributed by atoms with Crippen LogP contribution in [0.4, 0.5) is 16.2 Å². The standard InChI is InChI=1S/C18H21N3O3/c1-13(22)21(16-8-5-7-15(19)12-16)18(23)20-11-10-14-6-3-4-9-17(14)24-2/h3-9,12H,10-11,19H2,1-2H3,(H,20,23). The van der Waals surface area contributed by atoms with Gasteiger partial charge in [-0.2, -0.15) is 0 Å². The largest absolute Gasteiger partial charge is 0.496 e. The average Bonchev–Trinajstić information content (AvgIpc) is 2.55. The van der Waals surface area contributed by atoms with Gasteiger partial charge < -0.3 is 15.8 Å². The summed E-state index contributed by atoms with van der Waals surface area (Å²) in [4.78, 5) is 25.3. The lowest BCUT2D eigenvalue weighted by Crippen LogP contribution is -2.43. The third-order valence-corrected chi connectivity index (χ3v) is 3.51. The summed E-state index contributed by atoms with van der Waals surface area (Å²) >= 11 is 0. The third kappa shape index (κ3) is 4.25. The van der Waals surface area contributed by atoms with Crippen molar-refractivity contribution in [2.45, 2.75) is 13.3 Å². The summed E-state index contributed by atoms with van der Waals surface area (Å²) in [7, 11) is 1.61. The Morgan fingerprint density at radius 1 is 1.17 bits per heavy atom. The fraction of sp³-hybridized carbons (Fsp3) is 0.222. The van der Waals surface area contributed by atoms with Crippen molar-refractivity contribution in [2.24, 2.45) is 0 Å². The van der Waals surface area contributed by atoms with E-state index < -0.39 is 6.03 Å². The summed E-state index contributed by atoms with van der Waals surface area (Å²) in [5, 5.41) is 2.75. The fourth-order valence-corrected chi connectivity index (χ4v) is 2.40. The van der Waals surface area contributed by atoms with Gasteiger partial charge in [-0.15, -0.1) is 0 Å². The molecule has 0 atom stereocenters. The molecule has 0 radical (unpaired) electrons. The minimum absolute atomic E-state index is 0.379. The molecule has 0 bridgehead atoms. The summed E-state index contributed by atoms with van der Waals surface area (Å²) in [5.41, 5.74) is 7.63. The molecule has 0 fully saturated rings. The third-order valence-electron chi connectivity index (χ3n) is 3.51. The zero-order valence-electron chi connectivity index (χ0n) is 13.8. The van der Waals surface area contributed by atoms with Crippen molar-refractivity contribution < 1.29 is 14.3 Å². The molecule has 0 unspecified atom stereocenters. The summed E-state index contributed by atoms with van der Waals surface area (Å²) in [6, 6.07) is 13.8. The van der Waals surface area contributed by atoms with E-state index in [1.54, 1.807) is 31.4 Å². The number of benzene rings is 2. The Balaban J connectivity index is 2.03. The highest BCUT2D eigenvalue weighted by atomic mass is 16.5. The van der Waals surface area contributed by atoms with Gasteiger partial charge in [-0.05, 0) is 36.2 Å². The van der Waals surface area contributed by atoms with Gasteiger partial charge in [0, 0.05) is 19.2 Å². The van der Waals surface area contributed by atoms with E-state index in [2.05, 4.69) is 5.32 Å². The van der Waals surface area contributed by atoms with Crippen molar-refractivity contribution in [1.29, 1.82) is 0 Å². The molecule has 0 aliphatic carbocycles. The van der Waals surface area contributed by atoms with E-state index in [0.717, 1.165) is 16.2 Å². The van der Waals surface area contributed by atoms with Crippen molar-refractivity contribution >= 4 is 23.3 Å². The smallest absolute Gasteiger partial charge is 0.328 e. The number of amides is 3. The van der Waals surface area contributed by atoms with Crippen LogP contribution < -0.4 is 20.7 Å². The molecular formula is C18H21N3O3. The van der Waals surface area contributed by atoms with Gasteiger partial charge in [0.1, 0.15) is 5.75 Å². The molecule has 3 N–H and O–H groups in total. The molecule has 3 amide bonds. The van der Waals surface area contributed by atoms with Crippen LogP contribution in [-0.2, 0) is 11.2 Å². The molecule has 0 aliphatic rings. The fourth-order valence-electron chi connectivity index (χ4n) is 2.40. The maximum absolute atomic E-state index is 12.4. The zero-order valence-corrected chi connectivity index (χ0v) is 13.8. The molecule has 126 valence electrons. The molecule has 6 nitrogen and oxygen atoms in total. The van der Waals surface area contributed by atoms with E-state index in [1.165, 1.54) is 6.92 Å². The van der Waals surface area contributed by atoms with Crippen LogP contribution in [0.2, 0.25) is 0 Å². The number of para-hydroxylation sites is 1. The van der Waals surface area contributed by atoms with Crippen LogP contribution in [0.1, 0.15) is 12.5 Å². The second kappa shape index (κ2) is 8.01. The molecular weight excluding hydrogens is 306 g/mol. The Bertz CT molecular complexity index is 731. The quantitative estimate of drug-likeness (QED) is 0.827. The molecule has 24 heavy (non-hydrogen) atoms. The van der Waals surface area contributed by atoms with Gasteiger partial charge >= 0.3 is 6.03 Å². The lowest BCUT2D eigenvalue weighted by molar-refractivity contribution is -0.115. The molecule has 0 saturated heterocycles. The second-order valence-corrected chi connectivity index (χ2v) is 5.24. The summed E-state index contributed by atoms with van der Waals surface area (Å²) < 4.78 is 5.28. The molecule has 6 heteroatoms. The topological polar surface area (TPSA) is 84.7 Å². The van der Waals surface area contributed by atoms with Gasteiger partial charge in [-0.25, -0.2) is 9.69 Å². The maximum Gasteiger partial charge on any atom is 0.328 e. The Morgan fingerprint density at radius 3 is 2.58 bits per heavy atom. The lowest BCUT2D eigenvalue weighted by Gasteiger charge is -2.20. The van der Waals surface area contributed by atoms with Gasteiger partial charge in [0.2, 0.25) is 5.91 Å². The number of ether oxygens (including phenoxy) is 1.